The van der Waals surface area contributed by atoms with Gasteiger partial charge in [0.1, 0.15) is 0 Å². The molecule has 3 rings (SSSR count). The molecule has 0 radical (unpaired) electrons. The third-order valence-corrected chi connectivity index (χ3v) is 6.67. The minimum atomic E-state index is -0.115. The summed E-state index contributed by atoms with van der Waals surface area (Å²) in [7, 11) is 0. The zero-order chi connectivity index (χ0) is 18.5. The monoisotopic (exact) mass is 374 g/mol. The highest BCUT2D eigenvalue weighted by Crippen LogP contribution is 2.28. The first kappa shape index (κ1) is 19.3. The molecule has 1 heterocycles. The highest BCUT2D eigenvalue weighted by atomic mass is 32.2. The molecule has 0 bridgehead atoms. The molecule has 0 aromatic heterocycles. The molecule has 1 atom stereocenters. The lowest BCUT2D eigenvalue weighted by atomic mass is 10.0. The van der Waals surface area contributed by atoms with Crippen LogP contribution in [0.3, 0.4) is 0 Å². The normalized spacial score (nSPS) is 20.2. The van der Waals surface area contributed by atoms with Gasteiger partial charge in [0, 0.05) is 29.9 Å². The molecule has 1 N–H and O–H groups in total. The smallest absolute Gasteiger partial charge is 0.233 e. The number of hydrogen-bond acceptors (Lipinski definition) is 3. The predicted octanol–water partition coefficient (Wildman–Crippen LogP) is 3.77. The maximum absolute atomic E-state index is 12.5. The number of carbonyl (C=O) groups excluding carboxylic acids is 2. The Morgan fingerprint density at radius 3 is 2.31 bits per heavy atom. The highest BCUT2D eigenvalue weighted by molar-refractivity contribution is 8.00. The van der Waals surface area contributed by atoms with Crippen LogP contribution in [0.4, 0.5) is 0 Å². The average molecular weight is 375 g/mol. The first-order chi connectivity index (χ1) is 12.5. The summed E-state index contributed by atoms with van der Waals surface area (Å²) in [6.07, 6.45) is 6.24. The second-order valence-electron chi connectivity index (χ2n) is 7.66. The maximum Gasteiger partial charge on any atom is 0.233 e. The molecule has 1 aromatic rings. The Kier molecular flexibility index (Phi) is 6.63. The van der Waals surface area contributed by atoms with Gasteiger partial charge in [-0.1, -0.05) is 30.5 Å². The van der Waals surface area contributed by atoms with Crippen LogP contribution in [0.1, 0.15) is 51.0 Å². The van der Waals surface area contributed by atoms with Crippen LogP contribution in [0, 0.1) is 12.8 Å². The lowest BCUT2D eigenvalue weighted by molar-refractivity contribution is -0.136. The van der Waals surface area contributed by atoms with Gasteiger partial charge in [-0.15, -0.1) is 11.8 Å². The molecule has 1 saturated heterocycles. The van der Waals surface area contributed by atoms with Crippen LogP contribution in [-0.4, -0.2) is 41.1 Å². The molecular weight excluding hydrogens is 344 g/mol. The fourth-order valence-corrected chi connectivity index (χ4v) is 4.74. The number of benzene rings is 1. The molecule has 1 aliphatic carbocycles. The summed E-state index contributed by atoms with van der Waals surface area (Å²) >= 11 is 1.59. The van der Waals surface area contributed by atoms with Crippen molar-refractivity contribution in [3.8, 4) is 0 Å². The first-order valence-corrected chi connectivity index (χ1v) is 10.7. The molecular formula is C21H30N2O2S. The van der Waals surface area contributed by atoms with Crippen LogP contribution in [-0.2, 0) is 9.59 Å². The predicted molar refractivity (Wildman–Crippen MR) is 106 cm³/mol. The summed E-state index contributed by atoms with van der Waals surface area (Å²) in [6.45, 7) is 5.58. The third kappa shape index (κ3) is 5.03. The van der Waals surface area contributed by atoms with Gasteiger partial charge in [0.05, 0.1) is 5.25 Å². The van der Waals surface area contributed by atoms with Gasteiger partial charge >= 0.3 is 0 Å². The molecule has 2 aliphatic rings. The number of likely N-dealkylation sites (tertiary alicyclic amines) is 1. The largest absolute Gasteiger partial charge is 0.352 e. The minimum absolute atomic E-state index is 0.0937. The van der Waals surface area contributed by atoms with Gasteiger partial charge in [-0.05, 0) is 51.7 Å². The van der Waals surface area contributed by atoms with E-state index in [1.165, 1.54) is 18.4 Å². The molecule has 4 nitrogen and oxygen atoms in total. The molecule has 5 heteroatoms. The molecule has 1 unspecified atom stereocenters. The van der Waals surface area contributed by atoms with E-state index < -0.39 is 0 Å². The van der Waals surface area contributed by atoms with E-state index in [2.05, 4.69) is 36.5 Å². The highest BCUT2D eigenvalue weighted by Gasteiger charge is 2.30. The van der Waals surface area contributed by atoms with E-state index in [-0.39, 0.29) is 23.1 Å². The Balaban J connectivity index is 1.42. The van der Waals surface area contributed by atoms with Crippen LogP contribution in [0.15, 0.2) is 29.2 Å². The van der Waals surface area contributed by atoms with Gasteiger partial charge in [-0.2, -0.15) is 0 Å². The van der Waals surface area contributed by atoms with Crippen molar-refractivity contribution in [2.45, 2.75) is 68.6 Å². The molecule has 1 aromatic carbocycles. The van der Waals surface area contributed by atoms with Crippen molar-refractivity contribution in [3.63, 3.8) is 0 Å². The van der Waals surface area contributed by atoms with Gasteiger partial charge in [-0.3, -0.25) is 9.59 Å². The Bertz CT molecular complexity index is 617. The zero-order valence-electron chi connectivity index (χ0n) is 15.9. The van der Waals surface area contributed by atoms with Crippen molar-refractivity contribution in [3.05, 3.63) is 29.8 Å². The molecule has 2 fully saturated rings. The summed E-state index contributed by atoms with van der Waals surface area (Å²) in [4.78, 5) is 28.1. The van der Waals surface area contributed by atoms with Crippen molar-refractivity contribution in [2.75, 3.05) is 13.1 Å². The number of nitrogens with zero attached hydrogens (tertiary/aromatic N) is 1. The van der Waals surface area contributed by atoms with Gasteiger partial charge in [0.2, 0.25) is 11.8 Å². The fraction of sp³-hybridized carbons (Fsp3) is 0.619. The maximum atomic E-state index is 12.5. The summed E-state index contributed by atoms with van der Waals surface area (Å²) in [6, 6.07) is 8.47. The Morgan fingerprint density at radius 1 is 1.08 bits per heavy atom. The lowest BCUT2D eigenvalue weighted by Crippen LogP contribution is -2.49. The van der Waals surface area contributed by atoms with Crippen LogP contribution in [0.25, 0.3) is 0 Å². The number of piperidine rings is 1. The standard InChI is InChI=1S/C21H30N2O2S/c1-15-7-9-19(10-8-15)26-16(2)20(24)22-18-11-13-23(14-12-18)21(25)17-5-3-4-6-17/h7-10,16-18H,3-6,11-14H2,1-2H3,(H,22,24). The fourth-order valence-electron chi connectivity index (χ4n) is 3.87. The van der Waals surface area contributed by atoms with Crippen LogP contribution >= 0.6 is 11.8 Å². The molecule has 26 heavy (non-hydrogen) atoms. The Morgan fingerprint density at radius 2 is 1.69 bits per heavy atom. The summed E-state index contributed by atoms with van der Waals surface area (Å²) in [5, 5.41) is 3.07. The number of thioether (sulfide) groups is 1. The number of hydrogen-bond donors (Lipinski definition) is 1. The van der Waals surface area contributed by atoms with Gasteiger partial charge in [0.25, 0.3) is 0 Å². The number of carbonyl (C=O) groups is 2. The van der Waals surface area contributed by atoms with Crippen molar-refractivity contribution >= 4 is 23.6 Å². The van der Waals surface area contributed by atoms with E-state index in [1.54, 1.807) is 11.8 Å². The van der Waals surface area contributed by atoms with Crippen LogP contribution < -0.4 is 5.32 Å². The Hall–Kier alpha value is -1.49. The molecule has 142 valence electrons. The second kappa shape index (κ2) is 8.94. The van der Waals surface area contributed by atoms with Crippen molar-refractivity contribution < 1.29 is 9.59 Å². The third-order valence-electron chi connectivity index (χ3n) is 5.56. The molecule has 1 aliphatic heterocycles. The summed E-state index contributed by atoms with van der Waals surface area (Å²) < 4.78 is 0. The SMILES string of the molecule is Cc1ccc(SC(C)C(=O)NC2CCN(C(=O)C3CCCC3)CC2)cc1. The first-order valence-electron chi connectivity index (χ1n) is 9.85. The zero-order valence-corrected chi connectivity index (χ0v) is 16.7. The van der Waals surface area contributed by atoms with Gasteiger partial charge < -0.3 is 10.2 Å². The second-order valence-corrected chi connectivity index (χ2v) is 9.08. The molecule has 1 saturated carbocycles. The van der Waals surface area contributed by atoms with E-state index in [1.807, 2.05) is 11.8 Å². The van der Waals surface area contributed by atoms with Gasteiger partial charge in [-0.25, -0.2) is 0 Å². The quantitative estimate of drug-likeness (QED) is 0.798. The van der Waals surface area contributed by atoms with Crippen molar-refractivity contribution in [2.24, 2.45) is 5.92 Å². The van der Waals surface area contributed by atoms with E-state index in [4.69, 9.17) is 0 Å². The molecule has 0 spiro atoms. The van der Waals surface area contributed by atoms with E-state index in [0.29, 0.717) is 5.91 Å². The van der Waals surface area contributed by atoms with Crippen molar-refractivity contribution in [1.82, 2.24) is 10.2 Å². The van der Waals surface area contributed by atoms with Crippen molar-refractivity contribution in [1.29, 1.82) is 0 Å². The van der Waals surface area contributed by atoms with Crippen LogP contribution in [0.2, 0.25) is 0 Å². The number of amides is 2. The van der Waals surface area contributed by atoms with E-state index >= 15 is 0 Å². The summed E-state index contributed by atoms with van der Waals surface area (Å²) in [5.41, 5.74) is 1.23. The number of nitrogens with one attached hydrogen (secondary N) is 1. The Labute approximate surface area is 161 Å². The average Bonchev–Trinajstić information content (AvgIpc) is 3.18. The van der Waals surface area contributed by atoms with E-state index in [9.17, 15) is 9.59 Å². The minimum Gasteiger partial charge on any atom is -0.352 e. The van der Waals surface area contributed by atoms with Gasteiger partial charge in [0.15, 0.2) is 0 Å². The molecule has 2 amide bonds. The number of rotatable bonds is 5. The lowest BCUT2D eigenvalue weighted by Gasteiger charge is -2.34. The number of aryl methyl sites for hydroxylation is 1. The summed E-state index contributed by atoms with van der Waals surface area (Å²) in [5.74, 6) is 0.693. The van der Waals surface area contributed by atoms with Crippen LogP contribution in [0.5, 0.6) is 0 Å². The van der Waals surface area contributed by atoms with E-state index in [0.717, 1.165) is 43.7 Å². The topological polar surface area (TPSA) is 49.4 Å².